The molecule has 1 rings (SSSR count). The average molecular weight is 230 g/mol. The van der Waals surface area contributed by atoms with Gasteiger partial charge in [0.05, 0.1) is 4.90 Å². The Balaban J connectivity index is 2.99. The predicted octanol–water partition coefficient (Wildman–Crippen LogP) is 0.721. The molecule has 0 atom stereocenters. The zero-order chi connectivity index (χ0) is 11.5. The van der Waals surface area contributed by atoms with E-state index in [1.54, 1.807) is 6.07 Å². The first kappa shape index (κ1) is 12.0. The zero-order valence-corrected chi connectivity index (χ0v) is 9.29. The zero-order valence-electron chi connectivity index (χ0n) is 8.47. The maximum Gasteiger partial charge on any atom is 0.175 e. The number of aromatic hydroxyl groups is 1. The fourth-order valence-electron chi connectivity index (χ4n) is 1.26. The van der Waals surface area contributed by atoms with Crippen LogP contribution in [-0.2, 0) is 16.3 Å². The summed E-state index contributed by atoms with van der Waals surface area (Å²) in [7, 11) is -3.27. The molecule has 0 aromatic heterocycles. The van der Waals surface area contributed by atoms with Gasteiger partial charge in [0.25, 0.3) is 0 Å². The second-order valence-corrected chi connectivity index (χ2v) is 5.41. The SMILES string of the molecule is CS(=O)(=O)c1ccc(CCCO)c(O)c1. The van der Waals surface area contributed by atoms with Gasteiger partial charge in [0.2, 0.25) is 0 Å². The van der Waals surface area contributed by atoms with Gasteiger partial charge in [-0.05, 0) is 30.5 Å². The molecular weight excluding hydrogens is 216 g/mol. The minimum absolute atomic E-state index is 0.0358. The number of hydrogen-bond acceptors (Lipinski definition) is 4. The number of aryl methyl sites for hydroxylation is 1. The maximum atomic E-state index is 11.2. The number of benzene rings is 1. The first-order valence-electron chi connectivity index (χ1n) is 4.58. The molecule has 0 aliphatic heterocycles. The summed E-state index contributed by atoms with van der Waals surface area (Å²) in [5.74, 6) is -0.0358. The Morgan fingerprint density at radius 1 is 1.33 bits per heavy atom. The van der Waals surface area contributed by atoms with Crippen LogP contribution < -0.4 is 0 Å². The van der Waals surface area contributed by atoms with Gasteiger partial charge in [-0.3, -0.25) is 0 Å². The largest absolute Gasteiger partial charge is 0.508 e. The van der Waals surface area contributed by atoms with Crippen molar-refractivity contribution in [3.63, 3.8) is 0 Å². The van der Waals surface area contributed by atoms with Crippen LogP contribution in [0.5, 0.6) is 5.75 Å². The van der Waals surface area contributed by atoms with Crippen LogP contribution in [0.25, 0.3) is 0 Å². The van der Waals surface area contributed by atoms with Gasteiger partial charge in [-0.15, -0.1) is 0 Å². The minimum Gasteiger partial charge on any atom is -0.508 e. The van der Waals surface area contributed by atoms with Crippen molar-refractivity contribution in [3.05, 3.63) is 23.8 Å². The van der Waals surface area contributed by atoms with Crippen LogP contribution in [0, 0.1) is 0 Å². The van der Waals surface area contributed by atoms with E-state index in [1.807, 2.05) is 0 Å². The van der Waals surface area contributed by atoms with Gasteiger partial charge < -0.3 is 10.2 Å². The maximum absolute atomic E-state index is 11.2. The van der Waals surface area contributed by atoms with E-state index in [-0.39, 0.29) is 17.3 Å². The Bertz CT molecular complexity index is 437. The second kappa shape index (κ2) is 4.63. The van der Waals surface area contributed by atoms with Gasteiger partial charge >= 0.3 is 0 Å². The summed E-state index contributed by atoms with van der Waals surface area (Å²) < 4.78 is 22.3. The Labute approximate surface area is 89.1 Å². The van der Waals surface area contributed by atoms with Crippen LogP contribution in [0.4, 0.5) is 0 Å². The normalized spacial score (nSPS) is 11.6. The number of aliphatic hydroxyl groups is 1. The summed E-state index contributed by atoms with van der Waals surface area (Å²) >= 11 is 0. The monoisotopic (exact) mass is 230 g/mol. The summed E-state index contributed by atoms with van der Waals surface area (Å²) in [6.45, 7) is 0.0489. The molecule has 0 heterocycles. The lowest BCUT2D eigenvalue weighted by Crippen LogP contribution is -1.98. The molecule has 2 N–H and O–H groups in total. The Morgan fingerprint density at radius 2 is 2.00 bits per heavy atom. The van der Waals surface area contributed by atoms with Crippen molar-refractivity contribution in [3.8, 4) is 5.75 Å². The van der Waals surface area contributed by atoms with Gasteiger partial charge in [0.15, 0.2) is 9.84 Å². The quantitative estimate of drug-likeness (QED) is 0.799. The van der Waals surface area contributed by atoms with Crippen LogP contribution in [0.1, 0.15) is 12.0 Å². The molecule has 1 aromatic carbocycles. The Hall–Kier alpha value is -1.07. The average Bonchev–Trinajstić information content (AvgIpc) is 2.14. The van der Waals surface area contributed by atoms with Crippen molar-refractivity contribution < 1.29 is 18.6 Å². The molecule has 4 nitrogen and oxygen atoms in total. The van der Waals surface area contributed by atoms with E-state index in [0.29, 0.717) is 18.4 Å². The number of phenolic OH excluding ortho intramolecular Hbond substituents is 1. The molecule has 0 unspecified atom stereocenters. The summed E-state index contributed by atoms with van der Waals surface area (Å²) in [6, 6.07) is 4.27. The van der Waals surface area contributed by atoms with Gasteiger partial charge in [0, 0.05) is 12.9 Å². The van der Waals surface area contributed by atoms with Crippen LogP contribution in [0.15, 0.2) is 23.1 Å². The summed E-state index contributed by atoms with van der Waals surface area (Å²) in [5, 5.41) is 18.2. The van der Waals surface area contributed by atoms with Gasteiger partial charge in [-0.25, -0.2) is 8.42 Å². The first-order valence-corrected chi connectivity index (χ1v) is 6.47. The third kappa shape index (κ3) is 3.21. The third-order valence-corrected chi connectivity index (χ3v) is 3.20. The lowest BCUT2D eigenvalue weighted by molar-refractivity contribution is 0.288. The van der Waals surface area contributed by atoms with Crippen molar-refractivity contribution in [2.75, 3.05) is 12.9 Å². The van der Waals surface area contributed by atoms with Crippen molar-refractivity contribution in [2.24, 2.45) is 0 Å². The standard InChI is InChI=1S/C10H14O4S/c1-15(13,14)9-5-4-8(3-2-6-11)10(12)7-9/h4-5,7,11-12H,2-3,6H2,1H3. The van der Waals surface area contributed by atoms with Crippen LogP contribution in [-0.4, -0.2) is 31.5 Å². The lowest BCUT2D eigenvalue weighted by atomic mass is 10.1. The molecule has 1 aromatic rings. The van der Waals surface area contributed by atoms with Crippen LogP contribution >= 0.6 is 0 Å². The second-order valence-electron chi connectivity index (χ2n) is 3.39. The lowest BCUT2D eigenvalue weighted by Gasteiger charge is -2.05. The van der Waals surface area contributed by atoms with E-state index >= 15 is 0 Å². The van der Waals surface area contributed by atoms with Gasteiger partial charge in [-0.2, -0.15) is 0 Å². The van der Waals surface area contributed by atoms with E-state index in [0.717, 1.165) is 6.26 Å². The number of rotatable bonds is 4. The Kier molecular flexibility index (Phi) is 3.71. The fourth-order valence-corrected chi connectivity index (χ4v) is 1.90. The highest BCUT2D eigenvalue weighted by atomic mass is 32.2. The van der Waals surface area contributed by atoms with Crippen molar-refractivity contribution in [2.45, 2.75) is 17.7 Å². The van der Waals surface area contributed by atoms with E-state index in [2.05, 4.69) is 0 Å². The molecule has 0 aliphatic carbocycles. The van der Waals surface area contributed by atoms with Crippen molar-refractivity contribution in [1.82, 2.24) is 0 Å². The minimum atomic E-state index is -3.27. The molecule has 0 spiro atoms. The fraction of sp³-hybridized carbons (Fsp3) is 0.400. The first-order chi connectivity index (χ1) is 6.95. The van der Waals surface area contributed by atoms with Gasteiger partial charge in [-0.1, -0.05) is 6.07 Å². The highest BCUT2D eigenvalue weighted by molar-refractivity contribution is 7.90. The Morgan fingerprint density at radius 3 is 2.47 bits per heavy atom. The molecule has 84 valence electrons. The third-order valence-electron chi connectivity index (χ3n) is 2.09. The summed E-state index contributed by atoms with van der Waals surface area (Å²) in [5.41, 5.74) is 0.649. The van der Waals surface area contributed by atoms with Gasteiger partial charge in [0.1, 0.15) is 5.75 Å². The van der Waals surface area contributed by atoms with E-state index in [1.165, 1.54) is 12.1 Å². The van der Waals surface area contributed by atoms with E-state index < -0.39 is 9.84 Å². The number of aliphatic hydroxyl groups excluding tert-OH is 1. The van der Waals surface area contributed by atoms with E-state index in [4.69, 9.17) is 5.11 Å². The van der Waals surface area contributed by atoms with E-state index in [9.17, 15) is 13.5 Å². The molecule has 15 heavy (non-hydrogen) atoms. The van der Waals surface area contributed by atoms with Crippen LogP contribution in [0.2, 0.25) is 0 Å². The molecular formula is C10H14O4S. The topological polar surface area (TPSA) is 74.6 Å². The summed E-state index contributed by atoms with van der Waals surface area (Å²) in [6.07, 6.45) is 2.17. The molecule has 0 radical (unpaired) electrons. The highest BCUT2D eigenvalue weighted by Crippen LogP contribution is 2.22. The predicted molar refractivity (Wildman–Crippen MR) is 56.6 cm³/mol. The number of hydrogen-bond donors (Lipinski definition) is 2. The van der Waals surface area contributed by atoms with Crippen LogP contribution in [0.3, 0.4) is 0 Å². The number of sulfone groups is 1. The smallest absolute Gasteiger partial charge is 0.175 e. The van der Waals surface area contributed by atoms with Crippen molar-refractivity contribution in [1.29, 1.82) is 0 Å². The number of phenols is 1. The highest BCUT2D eigenvalue weighted by Gasteiger charge is 2.09. The van der Waals surface area contributed by atoms with Crippen molar-refractivity contribution >= 4 is 9.84 Å². The molecule has 0 aliphatic rings. The molecule has 0 fully saturated rings. The molecule has 0 bridgehead atoms. The molecule has 0 amide bonds. The summed E-state index contributed by atoms with van der Waals surface area (Å²) in [4.78, 5) is 0.104. The molecule has 0 saturated carbocycles. The molecule has 5 heteroatoms. The molecule has 0 saturated heterocycles.